The molecule has 0 aliphatic heterocycles. The third-order valence-corrected chi connectivity index (χ3v) is 3.36. The molecule has 2 rings (SSSR count). The normalized spacial score (nSPS) is 12.1. The zero-order chi connectivity index (χ0) is 13.4. The van der Waals surface area contributed by atoms with Crippen LogP contribution in [-0.4, -0.2) is 0 Å². The summed E-state index contributed by atoms with van der Waals surface area (Å²) in [6, 6.07) is 1.62. The van der Waals surface area contributed by atoms with Crippen molar-refractivity contribution >= 4 is 23.7 Å². The zero-order valence-electron chi connectivity index (χ0n) is 9.09. The number of benzene rings is 1. The molecule has 0 amide bonds. The summed E-state index contributed by atoms with van der Waals surface area (Å²) in [5.74, 6) is -9.96. The van der Waals surface area contributed by atoms with Crippen LogP contribution >= 0.6 is 23.7 Å². The molecule has 1 heterocycles. The highest BCUT2D eigenvalue weighted by molar-refractivity contribution is 7.10. The highest BCUT2D eigenvalue weighted by Crippen LogP contribution is 2.31. The molecule has 0 bridgehead atoms. The van der Waals surface area contributed by atoms with Crippen LogP contribution in [0.4, 0.5) is 22.0 Å². The molecule has 8 heteroatoms. The summed E-state index contributed by atoms with van der Waals surface area (Å²) in [5, 5.41) is 1.58. The molecule has 1 atom stereocenters. The van der Waals surface area contributed by atoms with Crippen molar-refractivity contribution in [1.29, 1.82) is 0 Å². The zero-order valence-corrected chi connectivity index (χ0v) is 10.7. The van der Waals surface area contributed by atoms with Crippen molar-refractivity contribution < 1.29 is 22.0 Å². The Labute approximate surface area is 115 Å². The standard InChI is InChI=1S/C11H6F5NS.ClH/c12-6-5(11(17)4-2-1-3-18-4)7(13)9(15)10(16)8(6)14;/h1-3,11H,17H2;1H/t11-;/m1./s1. The van der Waals surface area contributed by atoms with Crippen molar-refractivity contribution in [3.05, 3.63) is 57.0 Å². The van der Waals surface area contributed by atoms with Crippen LogP contribution < -0.4 is 5.73 Å². The van der Waals surface area contributed by atoms with Gasteiger partial charge in [-0.3, -0.25) is 0 Å². The second kappa shape index (κ2) is 5.85. The maximum absolute atomic E-state index is 13.4. The lowest BCUT2D eigenvalue weighted by atomic mass is 10.0. The van der Waals surface area contributed by atoms with E-state index in [9.17, 15) is 22.0 Å². The van der Waals surface area contributed by atoms with Gasteiger partial charge in [-0.25, -0.2) is 22.0 Å². The largest absolute Gasteiger partial charge is 0.319 e. The monoisotopic (exact) mass is 315 g/mol. The van der Waals surface area contributed by atoms with Gasteiger partial charge in [-0.1, -0.05) is 6.07 Å². The molecule has 2 aromatic rings. The Hall–Kier alpha value is -1.18. The lowest BCUT2D eigenvalue weighted by Gasteiger charge is -2.13. The van der Waals surface area contributed by atoms with Crippen molar-refractivity contribution in [2.75, 3.05) is 0 Å². The quantitative estimate of drug-likeness (QED) is 0.507. The van der Waals surface area contributed by atoms with Gasteiger partial charge >= 0.3 is 0 Å². The molecule has 19 heavy (non-hydrogen) atoms. The first-order valence-corrected chi connectivity index (χ1v) is 5.63. The van der Waals surface area contributed by atoms with Crippen LogP contribution in [0.3, 0.4) is 0 Å². The molecule has 0 radical (unpaired) electrons. The van der Waals surface area contributed by atoms with Crippen LogP contribution in [0.25, 0.3) is 0 Å². The van der Waals surface area contributed by atoms with Crippen LogP contribution in [0.1, 0.15) is 16.5 Å². The molecule has 1 nitrogen and oxygen atoms in total. The van der Waals surface area contributed by atoms with E-state index in [1.165, 1.54) is 6.07 Å². The van der Waals surface area contributed by atoms with Gasteiger partial charge in [0.25, 0.3) is 0 Å². The van der Waals surface area contributed by atoms with E-state index < -0.39 is 40.7 Å². The number of hydrogen-bond acceptors (Lipinski definition) is 2. The molecule has 0 aliphatic rings. The van der Waals surface area contributed by atoms with E-state index >= 15 is 0 Å². The molecule has 0 saturated heterocycles. The lowest BCUT2D eigenvalue weighted by molar-refractivity contribution is 0.367. The summed E-state index contributed by atoms with van der Waals surface area (Å²) >= 11 is 1.06. The molecule has 0 fully saturated rings. The van der Waals surface area contributed by atoms with E-state index in [4.69, 9.17) is 5.73 Å². The Bertz CT molecular complexity index is 558. The molecule has 0 aliphatic carbocycles. The predicted octanol–water partition coefficient (Wildman–Crippen LogP) is 3.91. The maximum atomic E-state index is 13.4. The topological polar surface area (TPSA) is 26.0 Å². The smallest absolute Gasteiger partial charge is 0.200 e. The Morgan fingerprint density at radius 1 is 0.895 bits per heavy atom. The van der Waals surface area contributed by atoms with E-state index in [0.29, 0.717) is 4.88 Å². The summed E-state index contributed by atoms with van der Waals surface area (Å²) in [4.78, 5) is 0.304. The molecule has 1 aromatic heterocycles. The Morgan fingerprint density at radius 3 is 1.79 bits per heavy atom. The molecular weight excluding hydrogens is 309 g/mol. The molecule has 104 valence electrons. The first kappa shape index (κ1) is 15.9. The number of nitrogens with two attached hydrogens (primary N) is 1. The van der Waals surface area contributed by atoms with E-state index in [1.54, 1.807) is 11.4 Å². The van der Waals surface area contributed by atoms with E-state index in [2.05, 4.69) is 0 Å². The number of rotatable bonds is 2. The minimum atomic E-state index is -2.19. The van der Waals surface area contributed by atoms with Crippen molar-refractivity contribution in [1.82, 2.24) is 0 Å². The van der Waals surface area contributed by atoms with Gasteiger partial charge in [0.05, 0.1) is 11.6 Å². The molecule has 0 spiro atoms. The van der Waals surface area contributed by atoms with Gasteiger partial charge in [0.1, 0.15) is 0 Å². The van der Waals surface area contributed by atoms with E-state index in [-0.39, 0.29) is 12.4 Å². The molecule has 0 unspecified atom stereocenters. The predicted molar refractivity (Wildman–Crippen MR) is 63.8 cm³/mol. The van der Waals surface area contributed by atoms with Gasteiger partial charge in [-0.15, -0.1) is 23.7 Å². The van der Waals surface area contributed by atoms with E-state index in [1.807, 2.05) is 0 Å². The second-order valence-electron chi connectivity index (χ2n) is 3.48. The Morgan fingerprint density at radius 2 is 1.37 bits per heavy atom. The molecule has 2 N–H and O–H groups in total. The number of thiophene rings is 1. The van der Waals surface area contributed by atoms with Gasteiger partial charge in [-0.2, -0.15) is 0 Å². The van der Waals surface area contributed by atoms with Crippen LogP contribution in [0, 0.1) is 29.1 Å². The third-order valence-electron chi connectivity index (χ3n) is 2.40. The first-order valence-electron chi connectivity index (χ1n) is 4.75. The molecule has 0 saturated carbocycles. The van der Waals surface area contributed by atoms with Gasteiger partial charge in [-0.05, 0) is 11.4 Å². The second-order valence-corrected chi connectivity index (χ2v) is 4.46. The lowest BCUT2D eigenvalue weighted by Crippen LogP contribution is -2.18. The van der Waals surface area contributed by atoms with Crippen LogP contribution in [0.15, 0.2) is 17.5 Å². The maximum Gasteiger partial charge on any atom is 0.200 e. The summed E-state index contributed by atoms with van der Waals surface area (Å²) < 4.78 is 65.7. The van der Waals surface area contributed by atoms with Crippen LogP contribution in [-0.2, 0) is 0 Å². The molecule has 1 aromatic carbocycles. The fourth-order valence-corrected chi connectivity index (χ4v) is 2.24. The summed E-state index contributed by atoms with van der Waals surface area (Å²) in [7, 11) is 0. The van der Waals surface area contributed by atoms with Crippen LogP contribution in [0.5, 0.6) is 0 Å². The van der Waals surface area contributed by atoms with Crippen molar-refractivity contribution in [3.63, 3.8) is 0 Å². The van der Waals surface area contributed by atoms with Crippen molar-refractivity contribution in [3.8, 4) is 0 Å². The summed E-state index contributed by atoms with van der Waals surface area (Å²) in [6.45, 7) is 0. The minimum absolute atomic E-state index is 0. The molecular formula is C11H7ClF5NS. The van der Waals surface area contributed by atoms with Crippen LogP contribution in [0.2, 0.25) is 0 Å². The first-order chi connectivity index (χ1) is 8.45. The van der Waals surface area contributed by atoms with Crippen molar-refractivity contribution in [2.24, 2.45) is 5.73 Å². The fraction of sp³-hybridized carbons (Fsp3) is 0.0909. The third kappa shape index (κ3) is 2.58. The Kier molecular flexibility index (Phi) is 4.89. The summed E-state index contributed by atoms with van der Waals surface area (Å²) in [5.41, 5.74) is 4.51. The van der Waals surface area contributed by atoms with E-state index in [0.717, 1.165) is 11.3 Å². The highest BCUT2D eigenvalue weighted by Gasteiger charge is 2.29. The number of hydrogen-bond donors (Lipinski definition) is 1. The number of halogens is 6. The van der Waals surface area contributed by atoms with Gasteiger partial charge in [0.2, 0.25) is 5.82 Å². The summed E-state index contributed by atoms with van der Waals surface area (Å²) in [6.07, 6.45) is 0. The Balaban J connectivity index is 0.00000180. The minimum Gasteiger partial charge on any atom is -0.319 e. The van der Waals surface area contributed by atoms with Gasteiger partial charge in [0.15, 0.2) is 23.3 Å². The van der Waals surface area contributed by atoms with Gasteiger partial charge < -0.3 is 5.73 Å². The van der Waals surface area contributed by atoms with Crippen molar-refractivity contribution in [2.45, 2.75) is 6.04 Å². The average Bonchev–Trinajstić information content (AvgIpc) is 2.88. The average molecular weight is 316 g/mol. The highest BCUT2D eigenvalue weighted by atomic mass is 35.5. The van der Waals surface area contributed by atoms with Gasteiger partial charge in [0, 0.05) is 4.88 Å². The SMILES string of the molecule is Cl.N[C@H](c1cccs1)c1c(F)c(F)c(F)c(F)c1F. The fourth-order valence-electron chi connectivity index (χ4n) is 1.51.